The van der Waals surface area contributed by atoms with Crippen LogP contribution in [0.4, 0.5) is 23.2 Å². The smallest absolute Gasteiger partial charge is 0.475 e. The van der Waals surface area contributed by atoms with Crippen LogP contribution in [0.25, 0.3) is 26.8 Å². The average molecular weight is 519 g/mol. The first-order chi connectivity index (χ1) is 17.6. The summed E-state index contributed by atoms with van der Waals surface area (Å²) >= 11 is 0. The van der Waals surface area contributed by atoms with E-state index in [9.17, 15) is 17.6 Å². The van der Waals surface area contributed by atoms with Crippen molar-refractivity contribution >= 4 is 33.6 Å². The van der Waals surface area contributed by atoms with Crippen LogP contribution in [0.2, 0.25) is 0 Å². The fourth-order valence-corrected chi connectivity index (χ4v) is 4.27. The van der Waals surface area contributed by atoms with Gasteiger partial charge in [0.15, 0.2) is 11.4 Å². The molecule has 3 aromatic heterocycles. The molecule has 0 radical (unpaired) electrons. The number of aromatic nitrogens is 4. The maximum Gasteiger partial charge on any atom is 0.490 e. The van der Waals surface area contributed by atoms with E-state index in [1.807, 2.05) is 12.1 Å². The highest BCUT2D eigenvalue weighted by Gasteiger charge is 2.38. The highest BCUT2D eigenvalue weighted by atomic mass is 19.4. The van der Waals surface area contributed by atoms with E-state index in [-0.39, 0.29) is 17.9 Å². The summed E-state index contributed by atoms with van der Waals surface area (Å²) in [6.07, 6.45) is -1.02. The van der Waals surface area contributed by atoms with Gasteiger partial charge < -0.3 is 18.9 Å². The van der Waals surface area contributed by atoms with Gasteiger partial charge in [-0.2, -0.15) is 13.2 Å². The molecule has 0 amide bonds. The molecule has 0 spiro atoms. The van der Waals surface area contributed by atoms with Crippen molar-refractivity contribution in [2.24, 2.45) is 0 Å². The van der Waals surface area contributed by atoms with Gasteiger partial charge in [0.2, 0.25) is 0 Å². The lowest BCUT2D eigenvalue weighted by atomic mass is 10.0. The Balaban J connectivity index is 0.000000405. The zero-order valence-electron chi connectivity index (χ0n) is 19.5. The summed E-state index contributed by atoms with van der Waals surface area (Å²) in [6.45, 7) is 9.46. The highest BCUT2D eigenvalue weighted by molar-refractivity contribution is 6.03. The van der Waals surface area contributed by atoms with Gasteiger partial charge in [-0.05, 0) is 31.9 Å². The van der Waals surface area contributed by atoms with E-state index in [1.165, 1.54) is 0 Å². The first-order valence-corrected chi connectivity index (χ1v) is 11.2. The molecular weight excluding hydrogens is 498 g/mol. The third-order valence-corrected chi connectivity index (χ3v) is 5.85. The first kappa shape index (κ1) is 26.0. The number of carboxylic acids is 1. The Bertz CT molecular complexity index is 1470. The van der Waals surface area contributed by atoms with Crippen molar-refractivity contribution in [3.8, 4) is 0 Å². The van der Waals surface area contributed by atoms with Crippen molar-refractivity contribution in [2.75, 3.05) is 6.61 Å². The molecule has 0 bridgehead atoms. The van der Waals surface area contributed by atoms with Crippen LogP contribution in [-0.4, -0.2) is 49.7 Å². The van der Waals surface area contributed by atoms with Crippen LogP contribution in [0, 0.1) is 6.57 Å². The number of hydrogen-bond acceptors (Lipinski definition) is 6. The number of rotatable bonds is 4. The molecule has 13 heteroatoms. The molecule has 4 heterocycles. The van der Waals surface area contributed by atoms with E-state index < -0.39 is 18.8 Å². The minimum absolute atomic E-state index is 0.145. The predicted molar refractivity (Wildman–Crippen MR) is 123 cm³/mol. The summed E-state index contributed by atoms with van der Waals surface area (Å²) in [5.41, 5.74) is 3.76. The summed E-state index contributed by atoms with van der Waals surface area (Å²) in [7, 11) is 0. The van der Waals surface area contributed by atoms with E-state index >= 15 is 0 Å². The molecule has 1 aliphatic heterocycles. The van der Waals surface area contributed by atoms with Gasteiger partial charge in [-0.3, -0.25) is 4.98 Å². The number of nitrogens with zero attached hydrogens (tertiary/aromatic N) is 5. The number of ether oxygens (including phenoxy) is 1. The molecule has 0 aliphatic carbocycles. The zero-order chi connectivity index (χ0) is 26.7. The number of carboxylic acid groups (broad SMARTS) is 1. The summed E-state index contributed by atoms with van der Waals surface area (Å²) in [5, 5.41) is 12.0. The molecule has 2 atom stereocenters. The van der Waals surface area contributed by atoms with Crippen molar-refractivity contribution in [3.05, 3.63) is 59.2 Å². The summed E-state index contributed by atoms with van der Waals surface area (Å²) in [5.74, 6) is -1.72. The molecule has 0 saturated carbocycles. The van der Waals surface area contributed by atoms with Crippen molar-refractivity contribution in [1.29, 1.82) is 0 Å². The fraction of sp³-hybridized carbons (Fsp3) is 0.375. The van der Waals surface area contributed by atoms with Gasteiger partial charge in [0.05, 0.1) is 42.0 Å². The molecular formula is C24H21F4N5O4. The topological polar surface area (TPSA) is 108 Å². The van der Waals surface area contributed by atoms with Crippen molar-refractivity contribution in [2.45, 2.75) is 51.2 Å². The van der Waals surface area contributed by atoms with Gasteiger partial charge in [-0.1, -0.05) is 11.2 Å². The fourth-order valence-electron chi connectivity index (χ4n) is 4.27. The van der Waals surface area contributed by atoms with E-state index in [2.05, 4.69) is 26.5 Å². The van der Waals surface area contributed by atoms with Crippen LogP contribution in [0.5, 0.6) is 0 Å². The van der Waals surface area contributed by atoms with Crippen molar-refractivity contribution in [3.63, 3.8) is 0 Å². The number of carbonyl (C=O) groups is 1. The largest absolute Gasteiger partial charge is 0.490 e. The summed E-state index contributed by atoms with van der Waals surface area (Å²) in [6, 6.07) is 7.35. The maximum atomic E-state index is 12.9. The molecule has 5 rings (SSSR count). The summed E-state index contributed by atoms with van der Waals surface area (Å²) in [4.78, 5) is 21.9. The number of halogens is 4. The van der Waals surface area contributed by atoms with Crippen LogP contribution in [-0.2, 0) is 22.6 Å². The Hall–Kier alpha value is -4.05. The lowest BCUT2D eigenvalue weighted by Crippen LogP contribution is -2.26. The molecule has 194 valence electrons. The second-order valence-corrected chi connectivity index (χ2v) is 8.46. The number of hydrogen-bond donors (Lipinski definition) is 1. The van der Waals surface area contributed by atoms with Gasteiger partial charge in [-0.25, -0.2) is 19.0 Å². The first-order valence-electron chi connectivity index (χ1n) is 11.2. The Morgan fingerprint density at radius 1 is 1.30 bits per heavy atom. The number of fused-ring (bicyclic) bond motifs is 3. The van der Waals surface area contributed by atoms with Crippen LogP contribution in [0.15, 0.2) is 35.0 Å². The second-order valence-electron chi connectivity index (χ2n) is 8.46. The van der Waals surface area contributed by atoms with Crippen LogP contribution < -0.4 is 0 Å². The molecule has 9 nitrogen and oxygen atoms in total. The van der Waals surface area contributed by atoms with Crippen LogP contribution in [0.1, 0.15) is 43.1 Å². The third-order valence-electron chi connectivity index (χ3n) is 5.85. The van der Waals surface area contributed by atoms with Crippen molar-refractivity contribution < 1.29 is 36.7 Å². The minimum Gasteiger partial charge on any atom is -0.475 e. The maximum absolute atomic E-state index is 12.9. The molecule has 0 unspecified atom stereocenters. The minimum atomic E-state index is -5.08. The normalized spacial score (nSPS) is 17.8. The molecule has 1 aliphatic rings. The van der Waals surface area contributed by atoms with Gasteiger partial charge in [-0.15, -0.1) is 0 Å². The van der Waals surface area contributed by atoms with Gasteiger partial charge in [0, 0.05) is 24.1 Å². The van der Waals surface area contributed by atoms with Gasteiger partial charge in [0.1, 0.15) is 18.0 Å². The molecule has 1 aromatic carbocycles. The number of aliphatic carboxylic acids is 1. The quantitative estimate of drug-likeness (QED) is 0.278. The number of alkyl halides is 4. The van der Waals surface area contributed by atoms with E-state index in [1.54, 1.807) is 18.3 Å². The van der Waals surface area contributed by atoms with E-state index in [0.717, 1.165) is 40.6 Å². The van der Waals surface area contributed by atoms with E-state index in [0.29, 0.717) is 24.4 Å². The highest BCUT2D eigenvalue weighted by Crippen LogP contribution is 2.35. The monoisotopic (exact) mass is 519 g/mol. The Labute approximate surface area is 207 Å². The number of benzene rings is 1. The predicted octanol–water partition coefficient (Wildman–Crippen LogP) is 5.56. The molecule has 4 aromatic rings. The molecule has 37 heavy (non-hydrogen) atoms. The summed E-state index contributed by atoms with van der Waals surface area (Å²) < 4.78 is 57.7. The van der Waals surface area contributed by atoms with E-state index in [4.69, 9.17) is 30.7 Å². The van der Waals surface area contributed by atoms with Gasteiger partial charge in [0.25, 0.3) is 0 Å². The Morgan fingerprint density at radius 3 is 2.68 bits per heavy atom. The molecule has 1 N–H and O–H groups in total. The Morgan fingerprint density at radius 2 is 2.05 bits per heavy atom. The molecule has 1 fully saturated rings. The average Bonchev–Trinajstić information content (AvgIpc) is 3.47. The van der Waals surface area contributed by atoms with Crippen LogP contribution in [0.3, 0.4) is 0 Å². The number of imidazole rings is 1. The molecule has 1 saturated heterocycles. The van der Waals surface area contributed by atoms with Crippen LogP contribution >= 0.6 is 0 Å². The zero-order valence-corrected chi connectivity index (χ0v) is 19.5. The third kappa shape index (κ3) is 5.69. The second kappa shape index (κ2) is 10.5. The number of pyridine rings is 1. The van der Waals surface area contributed by atoms with Gasteiger partial charge >= 0.3 is 12.1 Å². The SMILES string of the molecule is O=C(O)C(F)(F)F.[C-]#[N+]c1ccc2ncc3nc(Cc4cc(CF)on4)n([C@@H]4CCO[C@H](C)C4)c3c2c1. The standard InChI is InChI=1S/C22H20FN5O2.C2HF3O2/c1-13-7-16(5-6-29-13)28-21(10-15-8-17(11-23)30-27-15)26-20-12-25-19-4-3-14(24-2)9-18(19)22(20)28;3-2(4,5)1(6)7/h3-4,8-9,12-13,16H,5-7,10-11H2,1H3;(H,6,7)/t13-,16-;/m1./s1. The Kier molecular flexibility index (Phi) is 7.40. The van der Waals surface area contributed by atoms with Crippen molar-refractivity contribution in [1.82, 2.24) is 19.7 Å². The lowest BCUT2D eigenvalue weighted by molar-refractivity contribution is -0.192. The lowest BCUT2D eigenvalue weighted by Gasteiger charge is -2.30.